The molecule has 0 aromatic rings. The zero-order chi connectivity index (χ0) is 12.3. The van der Waals surface area contributed by atoms with Crippen LogP contribution in [-0.4, -0.2) is 24.9 Å². The van der Waals surface area contributed by atoms with Crippen molar-refractivity contribution in [2.24, 2.45) is 5.92 Å². The Kier molecular flexibility index (Phi) is 4.38. The number of carbonyl (C=O) groups is 1. The molecule has 0 saturated heterocycles. The van der Waals surface area contributed by atoms with Crippen LogP contribution in [0.1, 0.15) is 6.92 Å². The van der Waals surface area contributed by atoms with Gasteiger partial charge in [-0.05, 0) is 6.92 Å². The number of hydrogen-bond acceptors (Lipinski definition) is 2. The van der Waals surface area contributed by atoms with E-state index in [0.717, 1.165) is 5.48 Å². The second-order valence-electron chi connectivity index (χ2n) is 2.42. The standard InChI is InChI=1S/C6H7F6NO2/c1-2-15-13-4(14)3(5(7,8)9)6(10,11)12/h3H,2H2,1H3,(H,13,14). The Morgan fingerprint density at radius 2 is 1.60 bits per heavy atom. The van der Waals surface area contributed by atoms with E-state index in [-0.39, 0.29) is 6.61 Å². The van der Waals surface area contributed by atoms with E-state index in [1.54, 1.807) is 0 Å². The number of nitrogens with one attached hydrogen (secondary N) is 1. The number of halogens is 6. The molecule has 0 heterocycles. The van der Waals surface area contributed by atoms with Crippen LogP contribution in [0.5, 0.6) is 0 Å². The maximum Gasteiger partial charge on any atom is 0.409 e. The molecule has 0 fully saturated rings. The van der Waals surface area contributed by atoms with Gasteiger partial charge in [-0.1, -0.05) is 0 Å². The van der Waals surface area contributed by atoms with Crippen molar-refractivity contribution in [3.63, 3.8) is 0 Å². The predicted molar refractivity (Wildman–Crippen MR) is 35.4 cm³/mol. The SMILES string of the molecule is CCONC(=O)C(C(F)(F)F)C(F)(F)F. The lowest BCUT2D eigenvalue weighted by Crippen LogP contribution is -2.47. The van der Waals surface area contributed by atoms with Gasteiger partial charge in [0.2, 0.25) is 5.92 Å². The summed E-state index contributed by atoms with van der Waals surface area (Å²) >= 11 is 0. The lowest BCUT2D eigenvalue weighted by molar-refractivity contribution is -0.277. The van der Waals surface area contributed by atoms with E-state index in [4.69, 9.17) is 0 Å². The van der Waals surface area contributed by atoms with Gasteiger partial charge in [0.1, 0.15) is 0 Å². The van der Waals surface area contributed by atoms with Gasteiger partial charge in [-0.3, -0.25) is 9.63 Å². The van der Waals surface area contributed by atoms with Crippen LogP contribution in [0.3, 0.4) is 0 Å². The molecule has 0 spiro atoms. The van der Waals surface area contributed by atoms with E-state index in [1.165, 1.54) is 6.92 Å². The Morgan fingerprint density at radius 3 is 1.87 bits per heavy atom. The molecule has 0 radical (unpaired) electrons. The fourth-order valence-electron chi connectivity index (χ4n) is 0.685. The molecule has 0 rings (SSSR count). The van der Waals surface area contributed by atoms with Gasteiger partial charge < -0.3 is 0 Å². The summed E-state index contributed by atoms with van der Waals surface area (Å²) in [5.74, 6) is -6.35. The average Bonchev–Trinajstić information content (AvgIpc) is 1.94. The van der Waals surface area contributed by atoms with E-state index < -0.39 is 24.2 Å². The summed E-state index contributed by atoms with van der Waals surface area (Å²) in [6.07, 6.45) is -11.4. The molecule has 3 nitrogen and oxygen atoms in total. The molecule has 0 atom stereocenters. The van der Waals surface area contributed by atoms with Crippen LogP contribution >= 0.6 is 0 Å². The number of alkyl halides is 6. The van der Waals surface area contributed by atoms with Gasteiger partial charge in [0.25, 0.3) is 5.91 Å². The van der Waals surface area contributed by atoms with E-state index in [2.05, 4.69) is 4.84 Å². The van der Waals surface area contributed by atoms with Gasteiger partial charge >= 0.3 is 12.4 Å². The quantitative estimate of drug-likeness (QED) is 0.602. The Balaban J connectivity index is 4.74. The molecule has 0 unspecified atom stereocenters. The van der Waals surface area contributed by atoms with Crippen LogP contribution in [0, 0.1) is 5.92 Å². The third-order valence-electron chi connectivity index (χ3n) is 1.23. The zero-order valence-corrected chi connectivity index (χ0v) is 7.37. The molecule has 0 saturated carbocycles. The highest BCUT2D eigenvalue weighted by Gasteiger charge is 2.61. The molecule has 15 heavy (non-hydrogen) atoms. The van der Waals surface area contributed by atoms with Gasteiger partial charge in [0.15, 0.2) is 0 Å². The third-order valence-corrected chi connectivity index (χ3v) is 1.23. The first kappa shape index (κ1) is 14.0. The van der Waals surface area contributed by atoms with Crippen molar-refractivity contribution in [3.05, 3.63) is 0 Å². The fraction of sp³-hybridized carbons (Fsp3) is 0.833. The molecule has 0 aromatic heterocycles. The molecular weight excluding hydrogens is 232 g/mol. The first-order valence-corrected chi connectivity index (χ1v) is 3.65. The Bertz CT molecular complexity index is 209. The van der Waals surface area contributed by atoms with Crippen molar-refractivity contribution in [3.8, 4) is 0 Å². The van der Waals surface area contributed by atoms with Gasteiger partial charge in [0.05, 0.1) is 6.61 Å². The first-order chi connectivity index (χ1) is 6.60. The minimum atomic E-state index is -5.70. The summed E-state index contributed by atoms with van der Waals surface area (Å²) in [6, 6.07) is 0. The summed E-state index contributed by atoms with van der Waals surface area (Å²) < 4.78 is 71.1. The molecule has 0 bridgehead atoms. The highest BCUT2D eigenvalue weighted by atomic mass is 19.4. The smallest absolute Gasteiger partial charge is 0.274 e. The van der Waals surface area contributed by atoms with Gasteiger partial charge in [0, 0.05) is 0 Å². The number of rotatable bonds is 3. The molecular formula is C6H7F6NO2. The lowest BCUT2D eigenvalue weighted by Gasteiger charge is -2.21. The monoisotopic (exact) mass is 239 g/mol. The maximum absolute atomic E-state index is 11.9. The molecule has 0 aromatic carbocycles. The highest BCUT2D eigenvalue weighted by molar-refractivity contribution is 5.79. The zero-order valence-electron chi connectivity index (χ0n) is 7.37. The summed E-state index contributed by atoms with van der Waals surface area (Å²) in [4.78, 5) is 14.5. The maximum atomic E-state index is 11.9. The predicted octanol–water partition coefficient (Wildman–Crippen LogP) is 1.79. The van der Waals surface area contributed by atoms with Gasteiger partial charge in [-0.25, -0.2) is 5.48 Å². The van der Waals surface area contributed by atoms with Crippen molar-refractivity contribution in [1.82, 2.24) is 5.48 Å². The lowest BCUT2D eigenvalue weighted by atomic mass is 10.1. The van der Waals surface area contributed by atoms with E-state index >= 15 is 0 Å². The summed E-state index contributed by atoms with van der Waals surface area (Å²) in [5.41, 5.74) is 1.07. The van der Waals surface area contributed by atoms with Crippen molar-refractivity contribution in [2.75, 3.05) is 6.61 Å². The topological polar surface area (TPSA) is 38.3 Å². The number of amides is 1. The van der Waals surface area contributed by atoms with E-state index in [0.29, 0.717) is 0 Å². The first-order valence-electron chi connectivity index (χ1n) is 3.65. The molecule has 0 aliphatic carbocycles. The number of hydroxylamine groups is 1. The van der Waals surface area contributed by atoms with Crippen molar-refractivity contribution in [2.45, 2.75) is 19.3 Å². The molecule has 1 amide bonds. The third kappa shape index (κ3) is 4.36. The van der Waals surface area contributed by atoms with Crippen LogP contribution in [0.2, 0.25) is 0 Å². The van der Waals surface area contributed by atoms with Crippen LogP contribution in [0.25, 0.3) is 0 Å². The Labute approximate surface area is 80.3 Å². The fourth-order valence-corrected chi connectivity index (χ4v) is 0.685. The Morgan fingerprint density at radius 1 is 1.20 bits per heavy atom. The average molecular weight is 239 g/mol. The molecule has 9 heteroatoms. The van der Waals surface area contributed by atoms with Crippen LogP contribution in [0.15, 0.2) is 0 Å². The second kappa shape index (κ2) is 4.69. The summed E-state index contributed by atoms with van der Waals surface area (Å²) in [7, 11) is 0. The summed E-state index contributed by atoms with van der Waals surface area (Å²) in [6.45, 7) is 1.05. The number of hydrogen-bond donors (Lipinski definition) is 1. The molecule has 90 valence electrons. The molecule has 1 N–H and O–H groups in total. The van der Waals surface area contributed by atoms with E-state index in [1.807, 2.05) is 0 Å². The molecule has 0 aliphatic heterocycles. The summed E-state index contributed by atoms with van der Waals surface area (Å²) in [5, 5.41) is 0. The largest absolute Gasteiger partial charge is 0.409 e. The van der Waals surface area contributed by atoms with Crippen LogP contribution in [-0.2, 0) is 9.63 Å². The Hall–Kier alpha value is -0.990. The van der Waals surface area contributed by atoms with Gasteiger partial charge in [-0.2, -0.15) is 26.3 Å². The second-order valence-corrected chi connectivity index (χ2v) is 2.42. The number of carbonyl (C=O) groups excluding carboxylic acids is 1. The normalized spacial score (nSPS) is 13.1. The minimum absolute atomic E-state index is 0.242. The van der Waals surface area contributed by atoms with Crippen LogP contribution < -0.4 is 5.48 Å². The molecule has 0 aliphatic rings. The van der Waals surface area contributed by atoms with Crippen molar-refractivity contribution >= 4 is 5.91 Å². The van der Waals surface area contributed by atoms with Gasteiger partial charge in [-0.15, -0.1) is 0 Å². The van der Waals surface area contributed by atoms with Crippen LogP contribution in [0.4, 0.5) is 26.3 Å². The van der Waals surface area contributed by atoms with Crippen molar-refractivity contribution in [1.29, 1.82) is 0 Å². The minimum Gasteiger partial charge on any atom is -0.274 e. The van der Waals surface area contributed by atoms with Crippen molar-refractivity contribution < 1.29 is 36.0 Å². The van der Waals surface area contributed by atoms with E-state index in [9.17, 15) is 31.1 Å². The highest BCUT2D eigenvalue weighted by Crippen LogP contribution is 2.39.